The predicted octanol–water partition coefficient (Wildman–Crippen LogP) is 5.09. The third-order valence-electron chi connectivity index (χ3n) is 4.71. The first-order valence-electron chi connectivity index (χ1n) is 10.1. The predicted molar refractivity (Wildman–Crippen MR) is 132 cm³/mol. The number of rotatable bonds is 7. The van der Waals surface area contributed by atoms with Gasteiger partial charge in [-0.15, -0.1) is 11.3 Å². The summed E-state index contributed by atoms with van der Waals surface area (Å²) in [4.78, 5) is 38.4. The maximum atomic E-state index is 14.5. The number of esters is 1. The monoisotopic (exact) mass is 535 g/mol. The van der Waals surface area contributed by atoms with Crippen LogP contribution in [0.3, 0.4) is 0 Å². The molecular weight excluding hydrogens is 520 g/mol. The van der Waals surface area contributed by atoms with E-state index in [4.69, 9.17) is 32.7 Å². The fourth-order valence-corrected chi connectivity index (χ4v) is 4.59. The first-order chi connectivity index (χ1) is 16.8. The summed E-state index contributed by atoms with van der Waals surface area (Å²) < 4.78 is 25.7. The number of amides is 1. The van der Waals surface area contributed by atoms with Crippen LogP contribution in [0.25, 0.3) is 16.5 Å². The van der Waals surface area contributed by atoms with Crippen molar-refractivity contribution in [3.63, 3.8) is 0 Å². The Balaban J connectivity index is 1.72. The van der Waals surface area contributed by atoms with Crippen LogP contribution in [0.4, 0.5) is 9.39 Å². The zero-order valence-electron chi connectivity index (χ0n) is 18.0. The molecule has 4 rings (SSSR count). The molecule has 0 atom stereocenters. The van der Waals surface area contributed by atoms with Gasteiger partial charge in [-0.3, -0.25) is 9.59 Å². The normalized spacial score (nSPS) is 10.9. The lowest BCUT2D eigenvalue weighted by Crippen LogP contribution is -2.27. The number of benzene rings is 2. The van der Waals surface area contributed by atoms with Gasteiger partial charge in [-0.05, 0) is 37.3 Å². The number of nitrogens with zero attached hydrogens (tertiary/aromatic N) is 2. The molecule has 0 unspecified atom stereocenters. The molecular formula is C23H16Cl2FN3O5S. The molecule has 0 aliphatic rings. The molecule has 0 aliphatic heterocycles. The summed E-state index contributed by atoms with van der Waals surface area (Å²) in [5.41, 5.74) is -1.07. The van der Waals surface area contributed by atoms with Gasteiger partial charge in [0.1, 0.15) is 22.3 Å². The molecule has 2 aromatic heterocycles. The van der Waals surface area contributed by atoms with Crippen LogP contribution in [0.15, 0.2) is 52.6 Å². The van der Waals surface area contributed by atoms with Crippen molar-refractivity contribution in [3.8, 4) is 11.4 Å². The van der Waals surface area contributed by atoms with E-state index in [2.05, 4.69) is 10.4 Å². The molecule has 0 saturated heterocycles. The highest BCUT2D eigenvalue weighted by atomic mass is 35.5. The van der Waals surface area contributed by atoms with E-state index in [0.29, 0.717) is 5.02 Å². The summed E-state index contributed by atoms with van der Waals surface area (Å²) in [5, 5.41) is 9.09. The van der Waals surface area contributed by atoms with Gasteiger partial charge in [-0.2, -0.15) is 9.78 Å². The van der Waals surface area contributed by atoms with E-state index in [9.17, 15) is 18.8 Å². The maximum absolute atomic E-state index is 14.5. The Bertz CT molecular complexity index is 1500. The van der Waals surface area contributed by atoms with Gasteiger partial charge in [0, 0.05) is 15.8 Å². The highest BCUT2D eigenvalue weighted by Crippen LogP contribution is 2.31. The fourth-order valence-electron chi connectivity index (χ4n) is 3.18. The van der Waals surface area contributed by atoms with Crippen LogP contribution < -0.4 is 15.6 Å². The van der Waals surface area contributed by atoms with E-state index >= 15 is 0 Å². The SMILES string of the molecule is CCOC(=O)c1nn(-c2ccccc2F)c(=O)c2c(NC(=O)COc3ccc(Cl)cc3Cl)scc12. The van der Waals surface area contributed by atoms with Gasteiger partial charge < -0.3 is 14.8 Å². The number of hydrogen-bond acceptors (Lipinski definition) is 7. The standard InChI is InChI=1S/C23H16Cl2FN3O5S/c1-2-33-23(32)20-13-11-35-21(27-18(30)10-34-17-8-7-12(24)9-14(17)25)19(13)22(31)29(28-20)16-6-4-3-5-15(16)26/h3-9,11H,2,10H2,1H3,(H,27,30). The van der Waals surface area contributed by atoms with Crippen LogP contribution in [0.1, 0.15) is 17.4 Å². The van der Waals surface area contributed by atoms with Crippen LogP contribution in [0.5, 0.6) is 5.75 Å². The lowest BCUT2D eigenvalue weighted by molar-refractivity contribution is -0.118. The molecule has 2 heterocycles. The highest BCUT2D eigenvalue weighted by Gasteiger charge is 2.24. The van der Waals surface area contributed by atoms with Gasteiger partial charge in [-0.25, -0.2) is 9.18 Å². The summed E-state index contributed by atoms with van der Waals surface area (Å²) in [6, 6.07) is 10.0. The number of thiophene rings is 1. The van der Waals surface area contributed by atoms with E-state index < -0.39 is 29.9 Å². The highest BCUT2D eigenvalue weighted by molar-refractivity contribution is 7.16. The van der Waals surface area contributed by atoms with Crippen molar-refractivity contribution in [2.45, 2.75) is 6.92 Å². The van der Waals surface area contributed by atoms with E-state index in [-0.39, 0.29) is 44.5 Å². The second kappa shape index (κ2) is 10.4. The second-order valence-electron chi connectivity index (χ2n) is 7.00. The Labute approximate surface area is 211 Å². The van der Waals surface area contributed by atoms with E-state index in [1.165, 1.54) is 35.7 Å². The number of nitrogens with one attached hydrogen (secondary N) is 1. The maximum Gasteiger partial charge on any atom is 0.359 e. The molecule has 0 spiro atoms. The summed E-state index contributed by atoms with van der Waals surface area (Å²) in [6.07, 6.45) is 0. The minimum absolute atomic E-state index is 0.0193. The van der Waals surface area contributed by atoms with Gasteiger partial charge in [0.05, 0.1) is 17.0 Å². The van der Waals surface area contributed by atoms with Crippen molar-refractivity contribution >= 4 is 62.2 Å². The van der Waals surface area contributed by atoms with Crippen molar-refractivity contribution in [1.82, 2.24) is 9.78 Å². The average Bonchev–Trinajstić information content (AvgIpc) is 3.23. The number of fused-ring (bicyclic) bond motifs is 1. The number of carbonyl (C=O) groups is 2. The molecule has 35 heavy (non-hydrogen) atoms. The molecule has 0 aliphatic carbocycles. The molecule has 0 radical (unpaired) electrons. The molecule has 180 valence electrons. The lowest BCUT2D eigenvalue weighted by atomic mass is 10.2. The Hall–Kier alpha value is -3.47. The molecule has 0 fully saturated rings. The van der Waals surface area contributed by atoms with E-state index in [1.54, 1.807) is 13.0 Å². The molecule has 8 nitrogen and oxygen atoms in total. The number of halogens is 3. The summed E-state index contributed by atoms with van der Waals surface area (Å²) >= 11 is 12.9. The molecule has 4 aromatic rings. The number of carbonyl (C=O) groups excluding carboxylic acids is 2. The zero-order valence-corrected chi connectivity index (χ0v) is 20.3. The van der Waals surface area contributed by atoms with Crippen LogP contribution >= 0.6 is 34.5 Å². The largest absolute Gasteiger partial charge is 0.482 e. The second-order valence-corrected chi connectivity index (χ2v) is 8.73. The number of hydrogen-bond donors (Lipinski definition) is 1. The van der Waals surface area contributed by atoms with Crippen molar-refractivity contribution in [2.24, 2.45) is 0 Å². The van der Waals surface area contributed by atoms with Crippen molar-refractivity contribution in [2.75, 3.05) is 18.5 Å². The van der Waals surface area contributed by atoms with Crippen LogP contribution in [-0.4, -0.2) is 34.9 Å². The van der Waals surface area contributed by atoms with Crippen LogP contribution in [-0.2, 0) is 9.53 Å². The van der Waals surface area contributed by atoms with Crippen LogP contribution in [0.2, 0.25) is 10.0 Å². The Morgan fingerprint density at radius 1 is 1.20 bits per heavy atom. The van der Waals surface area contributed by atoms with E-state index in [1.807, 2.05) is 0 Å². The third-order valence-corrected chi connectivity index (χ3v) is 6.13. The van der Waals surface area contributed by atoms with Crippen molar-refractivity contribution < 1.29 is 23.5 Å². The zero-order chi connectivity index (χ0) is 25.1. The fraction of sp³-hybridized carbons (Fsp3) is 0.130. The smallest absolute Gasteiger partial charge is 0.359 e. The molecule has 1 N–H and O–H groups in total. The van der Waals surface area contributed by atoms with Gasteiger partial charge in [-0.1, -0.05) is 35.3 Å². The average molecular weight is 536 g/mol. The Kier molecular flexibility index (Phi) is 7.34. The van der Waals surface area contributed by atoms with Crippen LogP contribution in [0, 0.1) is 5.82 Å². The number of para-hydroxylation sites is 1. The third kappa shape index (κ3) is 5.14. The molecule has 12 heteroatoms. The molecule has 2 aromatic carbocycles. The van der Waals surface area contributed by atoms with Crippen molar-refractivity contribution in [3.05, 3.63) is 79.8 Å². The summed E-state index contributed by atoms with van der Waals surface area (Å²) in [5.74, 6) is -1.85. The Morgan fingerprint density at radius 3 is 2.69 bits per heavy atom. The van der Waals surface area contributed by atoms with Gasteiger partial charge in [0.25, 0.3) is 11.5 Å². The molecule has 0 bridgehead atoms. The van der Waals surface area contributed by atoms with E-state index in [0.717, 1.165) is 22.1 Å². The topological polar surface area (TPSA) is 99.5 Å². The first-order valence-corrected chi connectivity index (χ1v) is 11.8. The first kappa shape index (κ1) is 24.6. The quantitative estimate of drug-likeness (QED) is 0.331. The van der Waals surface area contributed by atoms with Gasteiger partial charge in [0.2, 0.25) is 0 Å². The minimum atomic E-state index is -0.793. The molecule has 1 amide bonds. The molecule has 0 saturated carbocycles. The van der Waals surface area contributed by atoms with Gasteiger partial charge in [0.15, 0.2) is 12.3 Å². The summed E-state index contributed by atoms with van der Waals surface area (Å²) in [7, 11) is 0. The lowest BCUT2D eigenvalue weighted by Gasteiger charge is -2.11. The number of anilines is 1. The van der Waals surface area contributed by atoms with Gasteiger partial charge >= 0.3 is 5.97 Å². The number of ether oxygens (including phenoxy) is 2. The van der Waals surface area contributed by atoms with Crippen molar-refractivity contribution in [1.29, 1.82) is 0 Å². The minimum Gasteiger partial charge on any atom is -0.482 e. The number of aromatic nitrogens is 2. The summed E-state index contributed by atoms with van der Waals surface area (Å²) in [6.45, 7) is 1.27. The Morgan fingerprint density at radius 2 is 1.97 bits per heavy atom.